The van der Waals surface area contributed by atoms with Crippen LogP contribution in [0.2, 0.25) is 0 Å². The maximum absolute atomic E-state index is 11.2. The second-order valence-electron chi connectivity index (χ2n) is 3.50. The number of nitrogens with zero attached hydrogens (tertiary/aromatic N) is 1. The van der Waals surface area contributed by atoms with Gasteiger partial charge in [0.25, 0.3) is 5.56 Å². The van der Waals surface area contributed by atoms with E-state index in [4.69, 9.17) is 4.74 Å². The van der Waals surface area contributed by atoms with Gasteiger partial charge in [-0.2, -0.15) is 0 Å². The van der Waals surface area contributed by atoms with Gasteiger partial charge in [0.1, 0.15) is 12.4 Å². The van der Waals surface area contributed by atoms with Crippen molar-refractivity contribution in [3.8, 4) is 0 Å². The quantitative estimate of drug-likeness (QED) is 0.585. The van der Waals surface area contributed by atoms with Crippen LogP contribution in [0.25, 0.3) is 0 Å². The Labute approximate surface area is 93.9 Å². The Balaban J connectivity index is 2.29. The second kappa shape index (κ2) is 6.76. The first-order chi connectivity index (χ1) is 7.72. The van der Waals surface area contributed by atoms with Crippen LogP contribution >= 0.6 is 0 Å². The Morgan fingerprint density at radius 2 is 2.31 bits per heavy atom. The molecule has 0 aromatic carbocycles. The SMILES string of the molecule is CCCCCC(=O)OCc1nccc(=O)[nH]1. The minimum Gasteiger partial charge on any atom is -0.458 e. The first kappa shape index (κ1) is 12.4. The van der Waals surface area contributed by atoms with Gasteiger partial charge >= 0.3 is 5.97 Å². The van der Waals surface area contributed by atoms with Gasteiger partial charge in [-0.15, -0.1) is 0 Å². The topological polar surface area (TPSA) is 72.0 Å². The van der Waals surface area contributed by atoms with Crippen molar-refractivity contribution in [2.24, 2.45) is 0 Å². The molecule has 0 unspecified atom stereocenters. The molecule has 0 saturated carbocycles. The van der Waals surface area contributed by atoms with Crippen molar-refractivity contribution in [1.29, 1.82) is 0 Å². The van der Waals surface area contributed by atoms with Crippen molar-refractivity contribution < 1.29 is 9.53 Å². The third-order valence-electron chi connectivity index (χ3n) is 2.08. The molecule has 0 aliphatic carbocycles. The zero-order valence-electron chi connectivity index (χ0n) is 9.36. The molecule has 1 heterocycles. The number of ether oxygens (including phenoxy) is 1. The molecule has 0 amide bonds. The molecular weight excluding hydrogens is 208 g/mol. The summed E-state index contributed by atoms with van der Waals surface area (Å²) in [6.07, 6.45) is 4.74. The summed E-state index contributed by atoms with van der Waals surface area (Å²) >= 11 is 0. The fourth-order valence-corrected chi connectivity index (χ4v) is 1.22. The fourth-order valence-electron chi connectivity index (χ4n) is 1.22. The maximum Gasteiger partial charge on any atom is 0.306 e. The molecule has 0 atom stereocenters. The average Bonchev–Trinajstić information content (AvgIpc) is 2.27. The first-order valence-corrected chi connectivity index (χ1v) is 5.42. The van der Waals surface area contributed by atoms with E-state index in [1.54, 1.807) is 0 Å². The monoisotopic (exact) mass is 224 g/mol. The van der Waals surface area contributed by atoms with Crippen LogP contribution in [-0.2, 0) is 16.1 Å². The summed E-state index contributed by atoms with van der Waals surface area (Å²) in [6, 6.07) is 1.31. The highest BCUT2D eigenvalue weighted by molar-refractivity contribution is 5.69. The molecule has 16 heavy (non-hydrogen) atoms. The predicted molar refractivity (Wildman–Crippen MR) is 58.8 cm³/mol. The van der Waals surface area contributed by atoms with Crippen LogP contribution in [0.4, 0.5) is 0 Å². The molecule has 0 spiro atoms. The highest BCUT2D eigenvalue weighted by Crippen LogP contribution is 2.01. The van der Waals surface area contributed by atoms with Gasteiger partial charge in [-0.25, -0.2) is 4.98 Å². The molecule has 5 nitrogen and oxygen atoms in total. The van der Waals surface area contributed by atoms with E-state index in [1.807, 2.05) is 0 Å². The molecule has 0 radical (unpaired) electrons. The van der Waals surface area contributed by atoms with Crippen LogP contribution in [0, 0.1) is 0 Å². The number of hydrogen-bond acceptors (Lipinski definition) is 4. The Kier molecular flexibility index (Phi) is 5.25. The predicted octanol–water partition coefficient (Wildman–Crippen LogP) is 1.39. The van der Waals surface area contributed by atoms with Crippen LogP contribution in [0.3, 0.4) is 0 Å². The molecule has 0 fully saturated rings. The minimum atomic E-state index is -0.250. The zero-order chi connectivity index (χ0) is 11.8. The highest BCUT2D eigenvalue weighted by Gasteiger charge is 2.03. The standard InChI is InChI=1S/C11H16N2O3/c1-2-3-4-5-11(15)16-8-9-12-7-6-10(14)13-9/h6-7H,2-5,8H2,1H3,(H,12,13,14). The molecular formula is C11H16N2O3. The van der Waals surface area contributed by atoms with E-state index >= 15 is 0 Å². The number of hydrogen-bond donors (Lipinski definition) is 1. The zero-order valence-corrected chi connectivity index (χ0v) is 9.36. The normalized spacial score (nSPS) is 10.1. The van der Waals surface area contributed by atoms with Crippen molar-refractivity contribution in [1.82, 2.24) is 9.97 Å². The highest BCUT2D eigenvalue weighted by atomic mass is 16.5. The first-order valence-electron chi connectivity index (χ1n) is 5.42. The molecule has 1 rings (SSSR count). The molecule has 1 aromatic rings. The number of aromatic amines is 1. The van der Waals surface area contributed by atoms with Gasteiger partial charge in [-0.3, -0.25) is 9.59 Å². The number of rotatable bonds is 6. The molecule has 0 saturated heterocycles. The smallest absolute Gasteiger partial charge is 0.306 e. The number of unbranched alkanes of at least 4 members (excludes halogenated alkanes) is 2. The van der Waals surface area contributed by atoms with E-state index in [0.29, 0.717) is 12.2 Å². The number of nitrogens with one attached hydrogen (secondary N) is 1. The molecule has 1 aromatic heterocycles. The second-order valence-corrected chi connectivity index (χ2v) is 3.50. The summed E-state index contributed by atoms with van der Waals surface area (Å²) in [4.78, 5) is 28.5. The Hall–Kier alpha value is -1.65. The van der Waals surface area contributed by atoms with Gasteiger partial charge < -0.3 is 9.72 Å². The molecule has 88 valence electrons. The van der Waals surface area contributed by atoms with Crippen LogP contribution in [-0.4, -0.2) is 15.9 Å². The molecule has 1 N–H and O–H groups in total. The Morgan fingerprint density at radius 1 is 1.50 bits per heavy atom. The van der Waals surface area contributed by atoms with Gasteiger partial charge in [0, 0.05) is 18.7 Å². The van der Waals surface area contributed by atoms with Crippen molar-refractivity contribution >= 4 is 5.97 Å². The van der Waals surface area contributed by atoms with Crippen LogP contribution in [0.15, 0.2) is 17.1 Å². The Bertz CT molecular complexity index is 387. The summed E-state index contributed by atoms with van der Waals surface area (Å²) in [7, 11) is 0. The van der Waals surface area contributed by atoms with Crippen molar-refractivity contribution in [2.75, 3.05) is 0 Å². The molecule has 0 aliphatic rings. The van der Waals surface area contributed by atoms with Gasteiger partial charge in [-0.1, -0.05) is 19.8 Å². The van der Waals surface area contributed by atoms with Gasteiger partial charge in [-0.05, 0) is 6.42 Å². The largest absolute Gasteiger partial charge is 0.458 e. The van der Waals surface area contributed by atoms with Crippen LogP contribution in [0.1, 0.15) is 38.4 Å². The lowest BCUT2D eigenvalue weighted by Gasteiger charge is -2.03. The number of carbonyl (C=O) groups is 1. The molecule has 5 heteroatoms. The molecule has 0 bridgehead atoms. The summed E-state index contributed by atoms with van der Waals surface area (Å²) in [6.45, 7) is 2.10. The summed E-state index contributed by atoms with van der Waals surface area (Å²) in [5, 5.41) is 0. The van der Waals surface area contributed by atoms with Crippen molar-refractivity contribution in [3.63, 3.8) is 0 Å². The summed E-state index contributed by atoms with van der Waals surface area (Å²) in [5.41, 5.74) is -0.243. The average molecular weight is 224 g/mol. The van der Waals surface area contributed by atoms with Crippen molar-refractivity contribution in [2.45, 2.75) is 39.2 Å². The van der Waals surface area contributed by atoms with Gasteiger partial charge in [0.05, 0.1) is 0 Å². The number of aromatic nitrogens is 2. The maximum atomic E-state index is 11.2. The minimum absolute atomic E-state index is 0.0288. The van der Waals surface area contributed by atoms with Crippen LogP contribution in [0.5, 0.6) is 0 Å². The van der Waals surface area contributed by atoms with E-state index in [-0.39, 0.29) is 18.1 Å². The Morgan fingerprint density at radius 3 is 3.00 bits per heavy atom. The third kappa shape index (κ3) is 4.72. The lowest BCUT2D eigenvalue weighted by molar-refractivity contribution is -0.145. The van der Waals surface area contributed by atoms with Crippen LogP contribution < -0.4 is 5.56 Å². The van der Waals surface area contributed by atoms with E-state index in [1.165, 1.54) is 12.3 Å². The molecule has 0 aliphatic heterocycles. The lowest BCUT2D eigenvalue weighted by Crippen LogP contribution is -2.12. The lowest BCUT2D eigenvalue weighted by atomic mass is 10.2. The third-order valence-corrected chi connectivity index (χ3v) is 2.08. The summed E-state index contributed by atoms with van der Waals surface area (Å²) in [5.74, 6) is 0.122. The van der Waals surface area contributed by atoms with E-state index in [2.05, 4.69) is 16.9 Å². The van der Waals surface area contributed by atoms with Gasteiger partial charge in [0.15, 0.2) is 0 Å². The van der Waals surface area contributed by atoms with E-state index < -0.39 is 0 Å². The van der Waals surface area contributed by atoms with E-state index in [0.717, 1.165) is 19.3 Å². The van der Waals surface area contributed by atoms with Gasteiger partial charge in [0.2, 0.25) is 0 Å². The number of H-pyrrole nitrogens is 1. The van der Waals surface area contributed by atoms with Crippen molar-refractivity contribution in [3.05, 3.63) is 28.4 Å². The fraction of sp³-hybridized carbons (Fsp3) is 0.545. The number of carbonyl (C=O) groups excluding carboxylic acids is 1. The number of esters is 1. The summed E-state index contributed by atoms with van der Waals surface area (Å²) < 4.78 is 4.96. The van der Waals surface area contributed by atoms with E-state index in [9.17, 15) is 9.59 Å².